The molecule has 36 valence electrons. The van der Waals surface area contributed by atoms with Crippen LogP contribution in [0, 0.1) is 0 Å². The number of rotatable bonds is 0. The van der Waals surface area contributed by atoms with E-state index in [0.717, 1.165) is 0 Å². The Hall–Kier alpha value is 0.743. The summed E-state index contributed by atoms with van der Waals surface area (Å²) in [7, 11) is -1.67. The minimum absolute atomic E-state index is 0. The molecule has 0 bridgehead atoms. The zero-order valence-electron chi connectivity index (χ0n) is 3.31. The van der Waals surface area contributed by atoms with Gasteiger partial charge in [0, 0.05) is 0 Å². The third kappa shape index (κ3) is 275. The van der Waals surface area contributed by atoms with Gasteiger partial charge in [-0.1, -0.05) is 0 Å². The van der Waals surface area contributed by atoms with Crippen molar-refractivity contribution in [2.45, 2.75) is 0 Å². The normalized spacial score (nSPS) is 6.00. The zero-order valence-corrected chi connectivity index (χ0v) is 8.07. The summed E-state index contributed by atoms with van der Waals surface area (Å²) < 4.78 is 16.9. The molecule has 7 heteroatoms. The molecule has 0 amide bonds. The van der Waals surface area contributed by atoms with Crippen LogP contribution in [-0.2, 0) is 28.6 Å². The van der Waals surface area contributed by atoms with Gasteiger partial charge in [-0.25, -0.2) is 9.13 Å². The first kappa shape index (κ1) is 15.6. The molecule has 0 fully saturated rings. The topological polar surface area (TPSA) is 74.6 Å². The standard InChI is InChI=1S/2HO2P.Zn/c2*1-3-2;/h2*(H,1,2);/q;;+2. The van der Waals surface area contributed by atoms with Gasteiger partial charge in [0.2, 0.25) is 0 Å². The summed E-state index contributed by atoms with van der Waals surface area (Å²) in [6.45, 7) is 0. The summed E-state index contributed by atoms with van der Waals surface area (Å²) in [5, 5.41) is 0. The fourth-order valence-corrected chi connectivity index (χ4v) is 0. The fourth-order valence-electron chi connectivity index (χ4n) is 0. The molecule has 7 heavy (non-hydrogen) atoms. The van der Waals surface area contributed by atoms with Crippen LogP contribution in [0.15, 0.2) is 0 Å². The van der Waals surface area contributed by atoms with Crippen molar-refractivity contribution >= 4 is 17.4 Å². The predicted molar refractivity (Wildman–Crippen MR) is 19.7 cm³/mol. The maximum Gasteiger partial charge on any atom is 2.00 e. The molecule has 4 nitrogen and oxygen atoms in total. The summed E-state index contributed by atoms with van der Waals surface area (Å²) in [4.78, 5) is 14.0. The molecule has 0 atom stereocenters. The Kier molecular flexibility index (Phi) is 66.1. The average Bonchev–Trinajstić information content (AvgIpc) is 1.39. The molecular weight excluding hydrogens is 191 g/mol. The van der Waals surface area contributed by atoms with Crippen LogP contribution in [0.5, 0.6) is 0 Å². The second-order valence-electron chi connectivity index (χ2n) is 0.163. The van der Waals surface area contributed by atoms with Gasteiger partial charge in [-0.3, -0.25) is 0 Å². The molecule has 0 aliphatic heterocycles. The molecule has 0 saturated carbocycles. The van der Waals surface area contributed by atoms with Crippen LogP contribution in [-0.4, -0.2) is 9.79 Å². The van der Waals surface area contributed by atoms with Crippen LogP contribution in [0.3, 0.4) is 0 Å². The molecule has 0 aliphatic rings. The van der Waals surface area contributed by atoms with Gasteiger partial charge in [0.25, 0.3) is 0 Å². The van der Waals surface area contributed by atoms with Crippen molar-refractivity contribution in [3.8, 4) is 0 Å². The molecule has 0 aromatic rings. The van der Waals surface area contributed by atoms with Crippen LogP contribution in [0.4, 0.5) is 0 Å². The van der Waals surface area contributed by atoms with Crippen molar-refractivity contribution in [1.29, 1.82) is 0 Å². The Balaban J connectivity index is -0.0000000400. The summed E-state index contributed by atoms with van der Waals surface area (Å²) in [5.41, 5.74) is 0. The second-order valence-corrected chi connectivity index (χ2v) is 0.490. The monoisotopic (exact) mass is 192 g/mol. The summed E-state index contributed by atoms with van der Waals surface area (Å²) >= 11 is 0. The largest absolute Gasteiger partial charge is 2.00 e. The predicted octanol–water partition coefficient (Wildman–Crippen LogP) is 0.368. The van der Waals surface area contributed by atoms with E-state index in [4.69, 9.17) is 18.9 Å². The smallest absolute Gasteiger partial charge is 0.310 e. The zero-order chi connectivity index (χ0) is 5.41. The molecule has 0 heterocycles. The summed E-state index contributed by atoms with van der Waals surface area (Å²) in [6.07, 6.45) is 0. The Morgan fingerprint density at radius 2 is 1.00 bits per heavy atom. The summed E-state index contributed by atoms with van der Waals surface area (Å²) in [5.74, 6) is 0. The molecule has 0 radical (unpaired) electrons. The molecule has 0 aliphatic carbocycles. The van der Waals surface area contributed by atoms with E-state index >= 15 is 0 Å². The third-order valence-electron chi connectivity index (χ3n) is 0. The van der Waals surface area contributed by atoms with Gasteiger partial charge < -0.3 is 9.79 Å². The third-order valence-corrected chi connectivity index (χ3v) is 0. The van der Waals surface area contributed by atoms with Crippen LogP contribution >= 0.6 is 17.4 Å². The molecule has 0 aromatic carbocycles. The van der Waals surface area contributed by atoms with E-state index in [1.807, 2.05) is 0 Å². The molecule has 0 unspecified atom stereocenters. The van der Waals surface area contributed by atoms with Crippen molar-refractivity contribution in [3.63, 3.8) is 0 Å². The van der Waals surface area contributed by atoms with E-state index in [0.29, 0.717) is 0 Å². The Labute approximate surface area is 56.3 Å². The summed E-state index contributed by atoms with van der Waals surface area (Å²) in [6, 6.07) is 0. The first-order chi connectivity index (χ1) is 2.83. The fraction of sp³-hybridized carbons (Fsp3) is 0. The van der Waals surface area contributed by atoms with Gasteiger partial charge in [0.15, 0.2) is 0 Å². The van der Waals surface area contributed by atoms with Crippen LogP contribution < -0.4 is 0 Å². The van der Waals surface area contributed by atoms with Crippen LogP contribution in [0.1, 0.15) is 0 Å². The van der Waals surface area contributed by atoms with E-state index in [1.54, 1.807) is 0 Å². The van der Waals surface area contributed by atoms with Crippen molar-refractivity contribution in [3.05, 3.63) is 0 Å². The van der Waals surface area contributed by atoms with Gasteiger partial charge >= 0.3 is 36.9 Å². The maximum atomic E-state index is 8.46. The Morgan fingerprint density at radius 1 is 1.00 bits per heavy atom. The van der Waals surface area contributed by atoms with Crippen molar-refractivity contribution in [2.75, 3.05) is 0 Å². The molecule has 2 N–H and O–H groups in total. The molecule has 0 aromatic heterocycles. The van der Waals surface area contributed by atoms with Crippen LogP contribution in [0.2, 0.25) is 0 Å². The first-order valence-electron chi connectivity index (χ1n) is 0.765. The number of hydrogen-bond donors (Lipinski definition) is 2. The van der Waals surface area contributed by atoms with Crippen molar-refractivity contribution in [1.82, 2.24) is 0 Å². The Morgan fingerprint density at radius 3 is 1.00 bits per heavy atom. The van der Waals surface area contributed by atoms with Gasteiger partial charge in [0.05, 0.1) is 0 Å². The molecule has 0 saturated heterocycles. The maximum absolute atomic E-state index is 8.46. The SMILES string of the molecule is O=PO.O=PO.[Zn+2]. The first-order valence-corrected chi connectivity index (χ1v) is 2.30. The van der Waals surface area contributed by atoms with Crippen molar-refractivity contribution < 1.29 is 38.4 Å². The average molecular weight is 193 g/mol. The van der Waals surface area contributed by atoms with E-state index in [9.17, 15) is 0 Å². The van der Waals surface area contributed by atoms with Crippen LogP contribution in [0.25, 0.3) is 0 Å². The van der Waals surface area contributed by atoms with Crippen molar-refractivity contribution in [2.24, 2.45) is 0 Å². The quantitative estimate of drug-likeness (QED) is 0.430. The minimum atomic E-state index is -0.833. The van der Waals surface area contributed by atoms with Gasteiger partial charge in [-0.2, -0.15) is 0 Å². The van der Waals surface area contributed by atoms with E-state index in [1.165, 1.54) is 0 Å². The van der Waals surface area contributed by atoms with Gasteiger partial charge in [-0.15, -0.1) is 0 Å². The molecular formula is H2O4P2Zn+2. The second kappa shape index (κ2) is 29.6. The minimum Gasteiger partial charge on any atom is -0.310 e. The van der Waals surface area contributed by atoms with E-state index < -0.39 is 17.4 Å². The molecule has 0 rings (SSSR count). The number of hydrogen-bond acceptors (Lipinski definition) is 2. The van der Waals surface area contributed by atoms with Gasteiger partial charge in [0.1, 0.15) is 0 Å². The van der Waals surface area contributed by atoms with E-state index in [2.05, 4.69) is 0 Å². The van der Waals surface area contributed by atoms with E-state index in [-0.39, 0.29) is 19.5 Å². The Bertz CT molecular complexity index is 30.7. The van der Waals surface area contributed by atoms with Gasteiger partial charge in [-0.05, 0) is 0 Å². The molecule has 0 spiro atoms.